The van der Waals surface area contributed by atoms with E-state index in [2.05, 4.69) is 20.3 Å². The largest absolute Gasteiger partial charge is 0.504 e. The first-order chi connectivity index (χ1) is 20.4. The molecule has 5 rings (SSSR count). The number of phenols is 2. The second-order valence-electron chi connectivity index (χ2n) is 10.6. The summed E-state index contributed by atoms with van der Waals surface area (Å²) in [4.78, 5) is 62.2. The minimum atomic E-state index is -1.50. The fourth-order valence-corrected chi connectivity index (χ4v) is 7.76. The molecule has 3 amide bonds. The van der Waals surface area contributed by atoms with E-state index in [0.717, 1.165) is 17.6 Å². The van der Waals surface area contributed by atoms with Crippen molar-refractivity contribution in [3.8, 4) is 11.5 Å². The van der Waals surface area contributed by atoms with Crippen LogP contribution in [0.2, 0.25) is 0 Å². The number of fused-ring (bicyclic) bond motifs is 1. The summed E-state index contributed by atoms with van der Waals surface area (Å²) >= 11 is 2.33. The Morgan fingerprint density at radius 1 is 1.28 bits per heavy atom. The van der Waals surface area contributed by atoms with Gasteiger partial charge in [0.1, 0.15) is 25.6 Å². The summed E-state index contributed by atoms with van der Waals surface area (Å²) in [6.07, 6.45) is 1.00. The van der Waals surface area contributed by atoms with Gasteiger partial charge in [0.05, 0.1) is 56.3 Å². The molecule has 1 aromatic heterocycles. The molecule has 3 aliphatic heterocycles. The first-order valence-corrected chi connectivity index (χ1v) is 14.8. The molecule has 1 aromatic carbocycles. The maximum absolute atomic E-state index is 13.1. The van der Waals surface area contributed by atoms with Crippen LogP contribution in [0.3, 0.4) is 0 Å². The van der Waals surface area contributed by atoms with Gasteiger partial charge in [-0.3, -0.25) is 19.3 Å². The Kier molecular flexibility index (Phi) is 7.97. The van der Waals surface area contributed by atoms with Crippen LogP contribution in [-0.2, 0) is 24.1 Å². The van der Waals surface area contributed by atoms with Crippen LogP contribution in [0.1, 0.15) is 22.5 Å². The summed E-state index contributed by atoms with van der Waals surface area (Å²) in [7, 11) is 3.19. The number of carboxylic acid groups (broad SMARTS) is 1. The lowest BCUT2D eigenvalue weighted by Gasteiger charge is -2.53. The van der Waals surface area contributed by atoms with Gasteiger partial charge in [0.25, 0.3) is 11.8 Å². The third kappa shape index (κ3) is 5.57. The molecule has 0 saturated carbocycles. The molecule has 3 aliphatic rings. The molecule has 2 aromatic rings. The summed E-state index contributed by atoms with van der Waals surface area (Å²) in [5, 5.41) is 37.6. The van der Waals surface area contributed by atoms with E-state index in [9.17, 15) is 34.5 Å². The highest BCUT2D eigenvalue weighted by molar-refractivity contribution is 8.01. The molecule has 0 bridgehead atoms. The Hall–Kier alpha value is -4.35. The summed E-state index contributed by atoms with van der Waals surface area (Å²) < 4.78 is 0.271. The topological polar surface area (TPSA) is 208 Å². The molecule has 6 N–H and O–H groups in total. The Morgan fingerprint density at radius 3 is 2.58 bits per heavy atom. The Labute approximate surface area is 253 Å². The van der Waals surface area contributed by atoms with E-state index < -0.39 is 27.9 Å². The third-order valence-corrected chi connectivity index (χ3v) is 9.93. The first-order valence-electron chi connectivity index (χ1n) is 13.1. The number of hydrogen-bond donors (Lipinski definition) is 5. The number of carboxylic acids is 1. The number of amides is 3. The number of phenolic OH excluding ortho intramolecular Hbond substituents is 2. The average Bonchev–Trinajstić information content (AvgIpc) is 3.40. The Morgan fingerprint density at radius 2 is 2.00 bits per heavy atom. The molecule has 0 spiro atoms. The molecular formula is C26H30N7O8S2+. The zero-order chi connectivity index (χ0) is 31.1. The van der Waals surface area contributed by atoms with Crippen LogP contribution in [0.4, 0.5) is 5.13 Å². The molecular weight excluding hydrogens is 602 g/mol. The van der Waals surface area contributed by atoms with E-state index in [1.807, 2.05) is 7.05 Å². The number of nitrogens with two attached hydrogens (primary N) is 1. The zero-order valence-electron chi connectivity index (χ0n) is 23.2. The van der Waals surface area contributed by atoms with Crippen molar-refractivity contribution in [2.24, 2.45) is 5.16 Å². The van der Waals surface area contributed by atoms with Crippen LogP contribution in [-0.4, -0.2) is 117 Å². The highest BCUT2D eigenvalue weighted by Gasteiger charge is 2.58. The van der Waals surface area contributed by atoms with Crippen molar-refractivity contribution in [1.82, 2.24) is 20.1 Å². The van der Waals surface area contributed by atoms with E-state index in [4.69, 9.17) is 5.73 Å². The molecule has 0 radical (unpaired) electrons. The molecule has 2 fully saturated rings. The van der Waals surface area contributed by atoms with Crippen molar-refractivity contribution >= 4 is 58.1 Å². The van der Waals surface area contributed by atoms with E-state index in [1.54, 1.807) is 10.3 Å². The first kappa shape index (κ1) is 30.1. The number of oxime groups is 1. The quantitative estimate of drug-likeness (QED) is 0.0878. The van der Waals surface area contributed by atoms with E-state index in [1.165, 1.54) is 42.0 Å². The van der Waals surface area contributed by atoms with Crippen molar-refractivity contribution in [2.75, 3.05) is 52.6 Å². The predicted octanol–water partition coefficient (Wildman–Crippen LogP) is 0.284. The summed E-state index contributed by atoms with van der Waals surface area (Å²) in [6, 6.07) is 3.87. The number of thioether (sulfide) groups is 1. The lowest BCUT2D eigenvalue weighted by atomic mass is 9.95. The number of benzene rings is 1. The van der Waals surface area contributed by atoms with Gasteiger partial charge in [-0.05, 0) is 18.2 Å². The van der Waals surface area contributed by atoms with Gasteiger partial charge in [-0.25, -0.2) is 9.78 Å². The Bertz CT molecular complexity index is 1550. The summed E-state index contributed by atoms with van der Waals surface area (Å²) in [5.41, 5.74) is 6.54. The van der Waals surface area contributed by atoms with Crippen molar-refractivity contribution in [1.29, 1.82) is 0 Å². The van der Waals surface area contributed by atoms with Gasteiger partial charge in [-0.15, -0.1) is 11.3 Å². The lowest BCUT2D eigenvalue weighted by molar-refractivity contribution is -0.909. The smallest absolute Gasteiger partial charge is 0.352 e. The van der Waals surface area contributed by atoms with Gasteiger partial charge < -0.3 is 40.6 Å². The van der Waals surface area contributed by atoms with Crippen LogP contribution in [0.5, 0.6) is 11.5 Å². The van der Waals surface area contributed by atoms with E-state index in [0.29, 0.717) is 31.9 Å². The highest BCUT2D eigenvalue weighted by atomic mass is 32.2. The minimum Gasteiger partial charge on any atom is -0.504 e. The number of aliphatic carboxylic acids is 1. The maximum atomic E-state index is 13.1. The minimum absolute atomic E-state index is 0.0775. The SMILES string of the molecule is CON=CC(=O)NC1(c2csc(N)n2)S[C@H]2CC(=O)N2C(C(=O)O)=C1C[N+]1(C)CCN(C(=O)c2ccc(O)c(O)c2)CC1. The number of hydrogen-bond acceptors (Lipinski definition) is 12. The summed E-state index contributed by atoms with van der Waals surface area (Å²) in [6.45, 7) is 1.50. The van der Waals surface area contributed by atoms with Gasteiger partial charge in [0.2, 0.25) is 5.91 Å². The van der Waals surface area contributed by atoms with E-state index >= 15 is 0 Å². The summed E-state index contributed by atoms with van der Waals surface area (Å²) in [5.74, 6) is -3.40. The van der Waals surface area contributed by atoms with Gasteiger partial charge >= 0.3 is 5.97 Å². The fourth-order valence-electron chi connectivity index (χ4n) is 5.43. The lowest BCUT2D eigenvalue weighted by Crippen LogP contribution is -2.65. The number of anilines is 1. The molecule has 2 atom stereocenters. The maximum Gasteiger partial charge on any atom is 0.352 e. The number of β-lactam (4-membered cyclic amide) rings is 1. The van der Waals surface area contributed by atoms with Crippen LogP contribution >= 0.6 is 23.1 Å². The van der Waals surface area contributed by atoms with Gasteiger partial charge in [-0.1, -0.05) is 16.9 Å². The monoisotopic (exact) mass is 632 g/mol. The van der Waals surface area contributed by atoms with Crippen molar-refractivity contribution in [3.05, 3.63) is 46.1 Å². The van der Waals surface area contributed by atoms with Gasteiger partial charge in [0.15, 0.2) is 21.5 Å². The standard InChI is InChI=1S/C26H29N7O8S2/c1-33(7-5-31(6-8-33)23(38)14-3-4-16(34)17(35)9-14)12-15-22(24(39)40)32-20(37)10-21(32)43-26(15,18-13-42-25(27)29-18)30-19(36)11-28-41-2/h3-4,9,11,13,21H,5-8,10,12H2,1-2H3,(H5-,27,28,29,30,34,35,36,38,39,40)/p+1/t21-,26?/m0/s1. The van der Waals surface area contributed by atoms with Gasteiger partial charge in [0, 0.05) is 10.9 Å². The molecule has 15 nitrogen and oxygen atoms in total. The number of nitrogen functional groups attached to an aromatic ring is 1. The highest BCUT2D eigenvalue weighted by Crippen LogP contribution is 2.54. The number of piperazine rings is 1. The zero-order valence-corrected chi connectivity index (χ0v) is 24.9. The molecule has 1 unspecified atom stereocenters. The van der Waals surface area contributed by atoms with E-state index in [-0.39, 0.29) is 57.0 Å². The number of carbonyl (C=O) groups is 4. The second kappa shape index (κ2) is 11.4. The molecule has 4 heterocycles. The van der Waals surface area contributed by atoms with Crippen LogP contribution in [0.25, 0.3) is 0 Å². The number of thiazole rings is 1. The molecule has 43 heavy (non-hydrogen) atoms. The third-order valence-electron chi connectivity index (χ3n) is 7.70. The normalized spacial score (nSPS) is 23.1. The Balaban J connectivity index is 1.51. The molecule has 2 saturated heterocycles. The number of aromatic hydroxyl groups is 2. The number of nitrogens with one attached hydrogen (secondary N) is 1. The number of nitrogens with zero attached hydrogens (tertiary/aromatic N) is 5. The van der Waals surface area contributed by atoms with Crippen LogP contribution in [0.15, 0.2) is 40.0 Å². The fraction of sp³-hybridized carbons (Fsp3) is 0.385. The number of quaternary nitrogens is 1. The number of carbonyl (C=O) groups excluding carboxylic acids is 3. The van der Waals surface area contributed by atoms with Crippen LogP contribution < -0.4 is 11.1 Å². The predicted molar refractivity (Wildman–Crippen MR) is 156 cm³/mol. The average molecular weight is 633 g/mol. The number of likely N-dealkylation sites (N-methyl/N-ethyl adjacent to an activating group) is 1. The van der Waals surface area contributed by atoms with Gasteiger partial charge in [-0.2, -0.15) is 0 Å². The van der Waals surface area contributed by atoms with Crippen molar-refractivity contribution in [2.45, 2.75) is 16.7 Å². The molecule has 17 heteroatoms. The molecule has 228 valence electrons. The van der Waals surface area contributed by atoms with Crippen LogP contribution in [0, 0.1) is 0 Å². The van der Waals surface area contributed by atoms with Crippen molar-refractivity contribution < 1.29 is 43.8 Å². The van der Waals surface area contributed by atoms with Crippen molar-refractivity contribution in [3.63, 3.8) is 0 Å². The second-order valence-corrected chi connectivity index (χ2v) is 12.8. The number of rotatable bonds is 8. The molecule has 0 aliphatic carbocycles. The number of aromatic nitrogens is 1.